The Balaban J connectivity index is 2.55. The van der Waals surface area contributed by atoms with E-state index in [2.05, 4.69) is 10.1 Å². The first-order valence-corrected chi connectivity index (χ1v) is 6.95. The topological polar surface area (TPSA) is 73.9 Å². The van der Waals surface area contributed by atoms with Crippen LogP contribution in [0.3, 0.4) is 0 Å². The number of nitrogens with one attached hydrogen (secondary N) is 1. The maximum absolute atomic E-state index is 12.1. The Labute approximate surface area is 130 Å². The molecule has 6 heteroatoms. The second kappa shape index (κ2) is 7.79. The minimum absolute atomic E-state index is 0.268. The Morgan fingerprint density at radius 2 is 1.95 bits per heavy atom. The molecule has 1 atom stereocenters. The minimum Gasteiger partial charge on any atom is -0.497 e. The fraction of sp³-hybridized carbons (Fsp3) is 0.500. The lowest BCUT2D eigenvalue weighted by Crippen LogP contribution is -2.53. The standard InChI is InChI=1S/C16H23NO5/c1-11(14(18)17-16(2,3)15(19)21-5)22-10-12-7-6-8-13(9-12)20-4/h6-9,11H,10H2,1-5H3,(H,17,18)/t11-/m1/s1. The van der Waals surface area contributed by atoms with E-state index in [4.69, 9.17) is 9.47 Å². The van der Waals surface area contributed by atoms with Crippen LogP contribution in [0.4, 0.5) is 0 Å². The third-order valence-electron chi connectivity index (χ3n) is 3.13. The van der Waals surface area contributed by atoms with Crippen LogP contribution in [0.2, 0.25) is 0 Å². The molecule has 0 aliphatic rings. The molecule has 22 heavy (non-hydrogen) atoms. The summed E-state index contributed by atoms with van der Waals surface area (Å²) in [6, 6.07) is 7.40. The molecule has 1 rings (SSSR count). The Hall–Kier alpha value is -2.08. The van der Waals surface area contributed by atoms with Gasteiger partial charge in [-0.05, 0) is 38.5 Å². The molecule has 0 heterocycles. The second-order valence-corrected chi connectivity index (χ2v) is 5.41. The third-order valence-corrected chi connectivity index (χ3v) is 3.13. The quantitative estimate of drug-likeness (QED) is 0.776. The van der Waals surface area contributed by atoms with Gasteiger partial charge >= 0.3 is 5.97 Å². The molecule has 1 N–H and O–H groups in total. The number of ether oxygens (including phenoxy) is 3. The van der Waals surface area contributed by atoms with Gasteiger partial charge in [0.1, 0.15) is 17.4 Å². The first-order chi connectivity index (χ1) is 10.3. The maximum Gasteiger partial charge on any atom is 0.330 e. The summed E-state index contributed by atoms with van der Waals surface area (Å²) in [5.41, 5.74) is -0.203. The molecule has 0 bridgehead atoms. The van der Waals surface area contributed by atoms with Gasteiger partial charge in [0.25, 0.3) is 0 Å². The van der Waals surface area contributed by atoms with E-state index in [1.807, 2.05) is 24.3 Å². The van der Waals surface area contributed by atoms with Crippen LogP contribution < -0.4 is 10.1 Å². The zero-order chi connectivity index (χ0) is 16.8. The summed E-state index contributed by atoms with van der Waals surface area (Å²) in [6.45, 7) is 5.05. The largest absolute Gasteiger partial charge is 0.497 e. The molecule has 0 spiro atoms. The van der Waals surface area contributed by atoms with Crippen LogP contribution in [0.25, 0.3) is 0 Å². The number of hydrogen-bond donors (Lipinski definition) is 1. The van der Waals surface area contributed by atoms with Crippen molar-refractivity contribution in [1.29, 1.82) is 0 Å². The summed E-state index contributed by atoms with van der Waals surface area (Å²) >= 11 is 0. The van der Waals surface area contributed by atoms with Crippen LogP contribution in [-0.2, 0) is 25.7 Å². The Morgan fingerprint density at radius 1 is 1.27 bits per heavy atom. The number of amides is 1. The van der Waals surface area contributed by atoms with Gasteiger partial charge in [-0.15, -0.1) is 0 Å². The van der Waals surface area contributed by atoms with E-state index in [0.29, 0.717) is 0 Å². The monoisotopic (exact) mass is 309 g/mol. The van der Waals surface area contributed by atoms with Crippen LogP contribution in [0.1, 0.15) is 26.3 Å². The van der Waals surface area contributed by atoms with Crippen molar-refractivity contribution in [3.05, 3.63) is 29.8 Å². The molecule has 0 aliphatic carbocycles. The average Bonchev–Trinajstić information content (AvgIpc) is 2.51. The highest BCUT2D eigenvalue weighted by Gasteiger charge is 2.32. The van der Waals surface area contributed by atoms with Crippen LogP contribution in [-0.4, -0.2) is 37.7 Å². The molecular weight excluding hydrogens is 286 g/mol. The van der Waals surface area contributed by atoms with Crippen molar-refractivity contribution in [3.8, 4) is 5.75 Å². The van der Waals surface area contributed by atoms with E-state index in [1.165, 1.54) is 7.11 Å². The lowest BCUT2D eigenvalue weighted by Gasteiger charge is -2.25. The van der Waals surface area contributed by atoms with Crippen molar-refractivity contribution in [2.45, 2.75) is 39.0 Å². The highest BCUT2D eigenvalue weighted by atomic mass is 16.5. The van der Waals surface area contributed by atoms with Gasteiger partial charge in [-0.1, -0.05) is 12.1 Å². The summed E-state index contributed by atoms with van der Waals surface area (Å²) in [5.74, 6) is -0.163. The van der Waals surface area contributed by atoms with Gasteiger partial charge in [0.2, 0.25) is 5.91 Å². The molecule has 0 saturated carbocycles. The fourth-order valence-electron chi connectivity index (χ4n) is 1.77. The van der Waals surface area contributed by atoms with Crippen molar-refractivity contribution < 1.29 is 23.8 Å². The van der Waals surface area contributed by atoms with Crippen molar-refractivity contribution in [3.63, 3.8) is 0 Å². The molecule has 0 saturated heterocycles. The predicted octanol–water partition coefficient (Wildman–Crippen LogP) is 1.67. The summed E-state index contributed by atoms with van der Waals surface area (Å²) < 4.78 is 15.3. The van der Waals surface area contributed by atoms with E-state index < -0.39 is 17.6 Å². The van der Waals surface area contributed by atoms with E-state index in [9.17, 15) is 9.59 Å². The number of hydrogen-bond acceptors (Lipinski definition) is 5. The van der Waals surface area contributed by atoms with Gasteiger partial charge in [-0.2, -0.15) is 0 Å². The Bertz CT molecular complexity index is 527. The van der Waals surface area contributed by atoms with Crippen LogP contribution in [0.15, 0.2) is 24.3 Å². The van der Waals surface area contributed by atoms with Gasteiger partial charge in [-0.3, -0.25) is 4.79 Å². The summed E-state index contributed by atoms with van der Waals surface area (Å²) in [7, 11) is 2.86. The van der Waals surface area contributed by atoms with E-state index in [1.54, 1.807) is 27.9 Å². The van der Waals surface area contributed by atoms with Crippen LogP contribution in [0, 0.1) is 0 Å². The van der Waals surface area contributed by atoms with Crippen molar-refractivity contribution in [2.24, 2.45) is 0 Å². The lowest BCUT2D eigenvalue weighted by molar-refractivity contribution is -0.151. The first-order valence-electron chi connectivity index (χ1n) is 6.95. The zero-order valence-corrected chi connectivity index (χ0v) is 13.6. The van der Waals surface area contributed by atoms with E-state index in [0.717, 1.165) is 11.3 Å². The van der Waals surface area contributed by atoms with Crippen molar-refractivity contribution in [1.82, 2.24) is 5.32 Å². The number of esters is 1. The van der Waals surface area contributed by atoms with Gasteiger partial charge in [-0.25, -0.2) is 4.79 Å². The van der Waals surface area contributed by atoms with Gasteiger partial charge in [0.15, 0.2) is 0 Å². The third kappa shape index (κ3) is 5.04. The number of carbonyl (C=O) groups is 2. The molecule has 0 aliphatic heterocycles. The van der Waals surface area contributed by atoms with Crippen molar-refractivity contribution in [2.75, 3.05) is 14.2 Å². The molecule has 0 radical (unpaired) electrons. The molecule has 1 aromatic rings. The summed E-state index contributed by atoms with van der Waals surface area (Å²) in [6.07, 6.45) is -0.699. The van der Waals surface area contributed by atoms with E-state index in [-0.39, 0.29) is 12.5 Å². The predicted molar refractivity (Wildman–Crippen MR) is 81.5 cm³/mol. The van der Waals surface area contributed by atoms with E-state index >= 15 is 0 Å². The summed E-state index contributed by atoms with van der Waals surface area (Å²) in [4.78, 5) is 23.6. The number of carbonyl (C=O) groups excluding carboxylic acids is 2. The molecule has 0 unspecified atom stereocenters. The number of rotatable bonds is 7. The van der Waals surface area contributed by atoms with Gasteiger partial charge < -0.3 is 19.5 Å². The minimum atomic E-state index is -1.10. The highest BCUT2D eigenvalue weighted by Crippen LogP contribution is 2.14. The first kappa shape index (κ1) is 18.0. The SMILES string of the molecule is COC(=O)C(C)(C)NC(=O)[C@@H](C)OCc1cccc(OC)c1. The smallest absolute Gasteiger partial charge is 0.330 e. The maximum atomic E-state index is 12.1. The fourth-order valence-corrected chi connectivity index (χ4v) is 1.77. The van der Waals surface area contributed by atoms with Crippen LogP contribution in [0.5, 0.6) is 5.75 Å². The molecule has 1 amide bonds. The zero-order valence-electron chi connectivity index (χ0n) is 13.6. The Kier molecular flexibility index (Phi) is 6.37. The second-order valence-electron chi connectivity index (χ2n) is 5.41. The summed E-state index contributed by atoms with van der Waals surface area (Å²) in [5, 5.41) is 2.60. The Morgan fingerprint density at radius 3 is 2.55 bits per heavy atom. The molecule has 122 valence electrons. The number of benzene rings is 1. The number of methoxy groups -OCH3 is 2. The van der Waals surface area contributed by atoms with Gasteiger partial charge in [0, 0.05) is 0 Å². The van der Waals surface area contributed by atoms with Gasteiger partial charge in [0.05, 0.1) is 20.8 Å². The molecule has 0 aromatic heterocycles. The normalized spacial score (nSPS) is 12.4. The molecule has 1 aromatic carbocycles. The molecule has 6 nitrogen and oxygen atoms in total. The molecular formula is C16H23NO5. The highest BCUT2D eigenvalue weighted by molar-refractivity contribution is 5.89. The van der Waals surface area contributed by atoms with Crippen LogP contribution >= 0.6 is 0 Å². The van der Waals surface area contributed by atoms with Crippen molar-refractivity contribution >= 4 is 11.9 Å². The molecule has 0 fully saturated rings. The average molecular weight is 309 g/mol. The lowest BCUT2D eigenvalue weighted by atomic mass is 10.1.